The predicted molar refractivity (Wildman–Crippen MR) is 155 cm³/mol. The summed E-state index contributed by atoms with van der Waals surface area (Å²) in [6, 6.07) is 8.89. The van der Waals surface area contributed by atoms with Gasteiger partial charge in [0, 0.05) is 23.4 Å². The van der Waals surface area contributed by atoms with Crippen molar-refractivity contribution in [1.82, 2.24) is 14.8 Å². The van der Waals surface area contributed by atoms with Crippen LogP contribution in [0.2, 0.25) is 10.0 Å². The highest BCUT2D eigenvalue weighted by Crippen LogP contribution is 2.45. The number of benzene rings is 2. The van der Waals surface area contributed by atoms with Crippen LogP contribution < -0.4 is 14.8 Å². The summed E-state index contributed by atoms with van der Waals surface area (Å²) in [7, 11) is 0. The van der Waals surface area contributed by atoms with Gasteiger partial charge in [-0.15, -0.1) is 5.10 Å². The highest BCUT2D eigenvalue weighted by atomic mass is 79.9. The van der Waals surface area contributed by atoms with Gasteiger partial charge in [0.25, 0.3) is 0 Å². The Bertz CT molecular complexity index is 1410. The number of anilines is 1. The second-order valence-corrected chi connectivity index (χ2v) is 11.7. The number of Topliss-reactive ketones (excluding diaryl/α,β-unsaturated/α-hetero) is 1. The number of ketones is 1. The molecule has 1 unspecified atom stereocenters. The Morgan fingerprint density at radius 3 is 2.76 bits per heavy atom. The molecule has 2 aromatic carbocycles. The molecule has 0 radical (unpaired) electrons. The molecule has 1 atom stereocenters. The van der Waals surface area contributed by atoms with E-state index >= 15 is 0 Å². The average Bonchev–Trinajstić information content (AvgIpc) is 3.30. The molecular weight excluding hydrogens is 611 g/mol. The maximum absolute atomic E-state index is 13.2. The summed E-state index contributed by atoms with van der Waals surface area (Å²) < 4.78 is 14.7. The van der Waals surface area contributed by atoms with Crippen LogP contribution in [0.15, 0.2) is 51.2 Å². The molecule has 0 fully saturated rings. The van der Waals surface area contributed by atoms with E-state index in [9.17, 15) is 4.79 Å². The zero-order chi connectivity index (χ0) is 26.8. The minimum absolute atomic E-state index is 0.127. The van der Waals surface area contributed by atoms with Crippen LogP contribution in [0.1, 0.15) is 56.7 Å². The zero-order valence-electron chi connectivity index (χ0n) is 21.0. The van der Waals surface area contributed by atoms with E-state index in [1.165, 1.54) is 0 Å². The molecule has 5 rings (SSSR count). The molecule has 3 aromatic rings. The predicted octanol–water partition coefficient (Wildman–Crippen LogP) is 7.85. The first kappa shape index (κ1) is 27.4. The van der Waals surface area contributed by atoms with Gasteiger partial charge in [0.1, 0.15) is 12.6 Å². The van der Waals surface area contributed by atoms with Crippen LogP contribution in [0.5, 0.6) is 11.5 Å². The number of nitrogens with zero attached hydrogens (tertiary/aromatic N) is 3. The standard InChI is InChI=1S/C27H27BrCl2N4O3S/c1-3-10-38-27-32-26-31-20-6-5-7-21(35)23(20)24(34(26)33-27)16-12-17(28)25(22(13-16)36-4-2)37-14-15-8-9-18(29)19(30)11-15/h8-9,11-13,24H,3-7,10,14H2,1-2H3,(H,31,32,33). The van der Waals surface area contributed by atoms with Gasteiger partial charge in [0.15, 0.2) is 17.3 Å². The summed E-state index contributed by atoms with van der Waals surface area (Å²) in [6.45, 7) is 4.78. The number of hydrogen-bond acceptors (Lipinski definition) is 7. The molecule has 0 saturated carbocycles. The quantitative estimate of drug-likeness (QED) is 0.239. The van der Waals surface area contributed by atoms with Gasteiger partial charge >= 0.3 is 0 Å². The van der Waals surface area contributed by atoms with Gasteiger partial charge in [0.05, 0.1) is 21.1 Å². The van der Waals surface area contributed by atoms with Crippen molar-refractivity contribution < 1.29 is 14.3 Å². The van der Waals surface area contributed by atoms with Crippen LogP contribution in [-0.2, 0) is 11.4 Å². The number of allylic oxidation sites excluding steroid dienone is 2. The van der Waals surface area contributed by atoms with Crippen molar-refractivity contribution in [3.8, 4) is 11.5 Å². The van der Waals surface area contributed by atoms with Crippen molar-refractivity contribution in [1.29, 1.82) is 0 Å². The number of hydrogen-bond donors (Lipinski definition) is 1. The lowest BCUT2D eigenvalue weighted by atomic mass is 9.85. The molecule has 7 nitrogen and oxygen atoms in total. The third-order valence-electron chi connectivity index (χ3n) is 6.30. The zero-order valence-corrected chi connectivity index (χ0v) is 24.9. The van der Waals surface area contributed by atoms with Gasteiger partial charge in [-0.3, -0.25) is 4.79 Å². The molecule has 0 bridgehead atoms. The summed E-state index contributed by atoms with van der Waals surface area (Å²) in [6.07, 6.45) is 3.15. The molecule has 1 aliphatic heterocycles. The van der Waals surface area contributed by atoms with E-state index < -0.39 is 6.04 Å². The van der Waals surface area contributed by atoms with E-state index in [2.05, 4.69) is 28.2 Å². The first-order chi connectivity index (χ1) is 18.4. The lowest BCUT2D eigenvalue weighted by Gasteiger charge is -2.32. The van der Waals surface area contributed by atoms with Crippen molar-refractivity contribution >= 4 is 62.6 Å². The number of carbonyl (C=O) groups excluding carboxylic acids is 1. The van der Waals surface area contributed by atoms with E-state index in [0.29, 0.717) is 50.1 Å². The Morgan fingerprint density at radius 1 is 1.16 bits per heavy atom. The van der Waals surface area contributed by atoms with Crippen LogP contribution in [0, 0.1) is 0 Å². The molecule has 11 heteroatoms. The minimum Gasteiger partial charge on any atom is -0.490 e. The highest BCUT2D eigenvalue weighted by Gasteiger charge is 2.37. The lowest BCUT2D eigenvalue weighted by Crippen LogP contribution is -2.31. The lowest BCUT2D eigenvalue weighted by molar-refractivity contribution is -0.116. The molecule has 2 heterocycles. The maximum Gasteiger partial charge on any atom is 0.227 e. The van der Waals surface area contributed by atoms with Gasteiger partial charge in [-0.2, -0.15) is 4.98 Å². The molecule has 1 aromatic heterocycles. The number of aromatic nitrogens is 3. The molecule has 1 N–H and O–H groups in total. The topological polar surface area (TPSA) is 78.3 Å². The van der Waals surface area contributed by atoms with E-state index in [1.807, 2.05) is 29.8 Å². The van der Waals surface area contributed by atoms with Crippen molar-refractivity contribution in [3.05, 3.63) is 67.2 Å². The first-order valence-corrected chi connectivity index (χ1v) is 15.1. The van der Waals surface area contributed by atoms with Crippen molar-refractivity contribution in [2.75, 3.05) is 17.7 Å². The fraction of sp³-hybridized carbons (Fsp3) is 0.370. The third-order valence-corrected chi connectivity index (χ3v) is 8.67. The van der Waals surface area contributed by atoms with Gasteiger partial charge < -0.3 is 14.8 Å². The van der Waals surface area contributed by atoms with Crippen LogP contribution in [-0.4, -0.2) is 32.9 Å². The molecule has 0 spiro atoms. The molecule has 0 amide bonds. The molecule has 2 aliphatic rings. The second-order valence-electron chi connectivity index (χ2n) is 9.01. The Kier molecular flexibility index (Phi) is 8.57. The highest BCUT2D eigenvalue weighted by molar-refractivity contribution is 9.10. The monoisotopic (exact) mass is 636 g/mol. The number of fused-ring (bicyclic) bond motifs is 1. The van der Waals surface area contributed by atoms with E-state index in [-0.39, 0.29) is 12.4 Å². The van der Waals surface area contributed by atoms with E-state index in [1.54, 1.807) is 23.9 Å². The average molecular weight is 638 g/mol. The van der Waals surface area contributed by atoms with Crippen molar-refractivity contribution in [2.45, 2.75) is 57.3 Å². The van der Waals surface area contributed by atoms with Gasteiger partial charge in [-0.25, -0.2) is 4.68 Å². The van der Waals surface area contributed by atoms with Crippen LogP contribution in [0.3, 0.4) is 0 Å². The van der Waals surface area contributed by atoms with Gasteiger partial charge in [-0.1, -0.05) is 48.0 Å². The SMILES string of the molecule is CCCSc1nc2n(n1)C(c1cc(Br)c(OCc3ccc(Cl)c(Cl)c3)c(OCC)c1)C1=C(CCCC1=O)N2. The Hall–Kier alpha value is -2.20. The number of carbonyl (C=O) groups is 1. The maximum atomic E-state index is 13.2. The first-order valence-electron chi connectivity index (χ1n) is 12.5. The molecular formula is C27H27BrCl2N4O3S. The summed E-state index contributed by atoms with van der Waals surface area (Å²) in [4.78, 5) is 17.9. The number of nitrogens with one attached hydrogen (secondary N) is 1. The summed E-state index contributed by atoms with van der Waals surface area (Å²) >= 11 is 17.5. The fourth-order valence-corrected chi connectivity index (χ4v) is 6.21. The van der Waals surface area contributed by atoms with Gasteiger partial charge in [0.2, 0.25) is 11.1 Å². The fourth-order valence-electron chi connectivity index (χ4n) is 4.63. The van der Waals surface area contributed by atoms with Crippen molar-refractivity contribution in [3.63, 3.8) is 0 Å². The Balaban J connectivity index is 1.54. The minimum atomic E-state index is -0.419. The Morgan fingerprint density at radius 2 is 2.00 bits per heavy atom. The van der Waals surface area contributed by atoms with E-state index in [0.717, 1.165) is 47.4 Å². The summed E-state index contributed by atoms with van der Waals surface area (Å²) in [5.41, 5.74) is 3.40. The number of rotatable bonds is 9. The Labute approximate surface area is 244 Å². The normalized spacial score (nSPS) is 16.7. The number of halogens is 3. The van der Waals surface area contributed by atoms with Crippen LogP contribution in [0.25, 0.3) is 0 Å². The van der Waals surface area contributed by atoms with E-state index in [4.69, 9.17) is 42.8 Å². The van der Waals surface area contributed by atoms with Crippen LogP contribution in [0.4, 0.5) is 5.95 Å². The molecule has 0 saturated heterocycles. The number of ether oxygens (including phenoxy) is 2. The summed E-state index contributed by atoms with van der Waals surface area (Å²) in [5, 5.41) is 9.84. The van der Waals surface area contributed by atoms with Crippen molar-refractivity contribution in [2.24, 2.45) is 0 Å². The smallest absolute Gasteiger partial charge is 0.227 e. The molecule has 38 heavy (non-hydrogen) atoms. The second kappa shape index (κ2) is 11.9. The number of thioether (sulfide) groups is 1. The molecule has 200 valence electrons. The largest absolute Gasteiger partial charge is 0.490 e. The van der Waals surface area contributed by atoms with Crippen LogP contribution >= 0.6 is 50.9 Å². The molecule has 1 aliphatic carbocycles. The summed E-state index contributed by atoms with van der Waals surface area (Å²) in [5.74, 6) is 2.84. The third kappa shape index (κ3) is 5.57. The van der Waals surface area contributed by atoms with Gasteiger partial charge in [-0.05, 0) is 77.5 Å².